The molecule has 0 aliphatic heterocycles. The molecule has 0 radical (unpaired) electrons. The molecular weight excluding hydrogens is 607 g/mol. The molecule has 0 spiro atoms. The third-order valence-corrected chi connectivity index (χ3v) is 10.4. The van der Waals surface area contributed by atoms with Gasteiger partial charge in [0.15, 0.2) is 0 Å². The minimum atomic E-state index is 0.429. The number of aromatic nitrogens is 2. The standard InChI is InChI=1S/C47H35N3/c1-31(2)38-25-21-32-23-27-40-43(28-24-33-22-26-39(38)46(32)47(33)40)50(44-29-34-13-9-11-19-41(34)48(44)36-15-5-3-6-16-36)45-30-35-14-10-12-20-42(35)49(45)37-17-7-4-8-18-37/h3-31H,1-2H3. The summed E-state index contributed by atoms with van der Waals surface area (Å²) in [5.41, 5.74) is 7.11. The van der Waals surface area contributed by atoms with E-state index < -0.39 is 0 Å². The summed E-state index contributed by atoms with van der Waals surface area (Å²) in [5, 5.41) is 10.2. The maximum absolute atomic E-state index is 2.50. The number of para-hydroxylation sites is 4. The Kier molecular flexibility index (Phi) is 6.37. The number of nitrogens with zero attached hydrogens (tertiary/aromatic N) is 3. The summed E-state index contributed by atoms with van der Waals surface area (Å²) in [5.74, 6) is 2.59. The lowest BCUT2D eigenvalue weighted by Crippen LogP contribution is -2.17. The zero-order valence-corrected chi connectivity index (χ0v) is 28.1. The van der Waals surface area contributed by atoms with Gasteiger partial charge in [0.05, 0.1) is 16.7 Å². The topological polar surface area (TPSA) is 13.1 Å². The summed E-state index contributed by atoms with van der Waals surface area (Å²) in [6.07, 6.45) is 0. The molecular formula is C47H35N3. The average molecular weight is 642 g/mol. The number of hydrogen-bond acceptors (Lipinski definition) is 1. The van der Waals surface area contributed by atoms with Crippen LogP contribution in [0.3, 0.4) is 0 Å². The van der Waals surface area contributed by atoms with Gasteiger partial charge in [0.2, 0.25) is 0 Å². The zero-order chi connectivity index (χ0) is 33.3. The first-order chi connectivity index (χ1) is 24.7. The second-order valence-electron chi connectivity index (χ2n) is 13.6. The minimum Gasteiger partial charge on any atom is -0.295 e. The van der Waals surface area contributed by atoms with Crippen LogP contribution in [0.2, 0.25) is 0 Å². The monoisotopic (exact) mass is 641 g/mol. The predicted octanol–water partition coefficient (Wildman–Crippen LogP) is 13.1. The van der Waals surface area contributed by atoms with Crippen molar-refractivity contribution < 1.29 is 0 Å². The molecule has 0 bridgehead atoms. The molecule has 0 saturated carbocycles. The molecule has 0 unspecified atom stereocenters. The third kappa shape index (κ3) is 4.23. The summed E-state index contributed by atoms with van der Waals surface area (Å²) in [6.45, 7) is 4.59. The van der Waals surface area contributed by atoms with Crippen LogP contribution < -0.4 is 4.90 Å². The fraction of sp³-hybridized carbons (Fsp3) is 0.0638. The number of benzene rings is 8. The van der Waals surface area contributed by atoms with Crippen LogP contribution in [0.4, 0.5) is 17.3 Å². The highest BCUT2D eigenvalue weighted by Gasteiger charge is 2.27. The van der Waals surface area contributed by atoms with Crippen molar-refractivity contribution in [3.05, 3.63) is 175 Å². The van der Waals surface area contributed by atoms with E-state index in [9.17, 15) is 0 Å². The number of rotatable bonds is 6. The summed E-state index contributed by atoms with van der Waals surface area (Å²) in [7, 11) is 0. The van der Waals surface area contributed by atoms with E-state index in [1.807, 2.05) is 0 Å². The maximum Gasteiger partial charge on any atom is 0.124 e. The minimum absolute atomic E-state index is 0.429. The van der Waals surface area contributed by atoms with E-state index in [1.165, 1.54) is 59.7 Å². The van der Waals surface area contributed by atoms with Crippen LogP contribution >= 0.6 is 0 Å². The zero-order valence-electron chi connectivity index (χ0n) is 28.1. The van der Waals surface area contributed by atoms with Crippen molar-refractivity contribution >= 4 is 71.4 Å². The van der Waals surface area contributed by atoms with E-state index in [4.69, 9.17) is 0 Å². The Bertz CT molecular complexity index is 2720. The van der Waals surface area contributed by atoms with Crippen LogP contribution in [-0.2, 0) is 0 Å². The lowest BCUT2D eigenvalue weighted by molar-refractivity contribution is 0.877. The Hall–Kier alpha value is -6.32. The quantitative estimate of drug-likeness (QED) is 0.165. The van der Waals surface area contributed by atoms with Gasteiger partial charge in [-0.15, -0.1) is 0 Å². The van der Waals surface area contributed by atoms with Gasteiger partial charge in [-0.2, -0.15) is 0 Å². The van der Waals surface area contributed by atoms with Crippen molar-refractivity contribution in [2.24, 2.45) is 0 Å². The van der Waals surface area contributed by atoms with Crippen molar-refractivity contribution in [3.63, 3.8) is 0 Å². The third-order valence-electron chi connectivity index (χ3n) is 10.4. The van der Waals surface area contributed by atoms with Gasteiger partial charge in [-0.25, -0.2) is 0 Å². The molecule has 10 rings (SSSR count). The molecule has 8 aromatic carbocycles. The molecule has 2 heterocycles. The first-order valence-corrected chi connectivity index (χ1v) is 17.5. The summed E-state index contributed by atoms with van der Waals surface area (Å²) in [4.78, 5) is 2.50. The van der Waals surface area contributed by atoms with Gasteiger partial charge in [0, 0.05) is 27.5 Å². The molecule has 0 amide bonds. The first kappa shape index (κ1) is 28.7. The lowest BCUT2D eigenvalue weighted by Gasteiger charge is -2.30. The molecule has 3 nitrogen and oxygen atoms in total. The molecule has 238 valence electrons. The molecule has 0 fully saturated rings. The van der Waals surface area contributed by atoms with Crippen LogP contribution in [0.15, 0.2) is 170 Å². The predicted molar refractivity (Wildman–Crippen MR) is 213 cm³/mol. The maximum atomic E-state index is 2.50. The fourth-order valence-corrected chi connectivity index (χ4v) is 8.18. The molecule has 0 saturated heterocycles. The van der Waals surface area contributed by atoms with Crippen LogP contribution in [-0.4, -0.2) is 9.13 Å². The molecule has 50 heavy (non-hydrogen) atoms. The Morgan fingerprint density at radius 2 is 0.880 bits per heavy atom. The Morgan fingerprint density at radius 1 is 0.420 bits per heavy atom. The largest absolute Gasteiger partial charge is 0.295 e. The van der Waals surface area contributed by atoms with Crippen molar-refractivity contribution in [3.8, 4) is 11.4 Å². The highest BCUT2D eigenvalue weighted by atomic mass is 15.3. The molecule has 3 heteroatoms. The number of fused-ring (bicyclic) bond motifs is 2. The van der Waals surface area contributed by atoms with Gasteiger partial charge < -0.3 is 0 Å². The van der Waals surface area contributed by atoms with Crippen LogP contribution in [0.25, 0.3) is 65.5 Å². The summed E-state index contributed by atoms with van der Waals surface area (Å²) >= 11 is 0. The fourth-order valence-electron chi connectivity index (χ4n) is 8.18. The van der Waals surface area contributed by atoms with Crippen LogP contribution in [0, 0.1) is 0 Å². The second-order valence-corrected chi connectivity index (χ2v) is 13.6. The molecule has 0 atom stereocenters. The van der Waals surface area contributed by atoms with E-state index in [2.05, 4.69) is 198 Å². The highest BCUT2D eigenvalue weighted by Crippen LogP contribution is 2.48. The highest BCUT2D eigenvalue weighted by molar-refractivity contribution is 6.26. The summed E-state index contributed by atoms with van der Waals surface area (Å²) in [6, 6.07) is 62.2. The second kappa shape index (κ2) is 11.1. The van der Waals surface area contributed by atoms with Gasteiger partial charge in [-0.1, -0.05) is 129 Å². The van der Waals surface area contributed by atoms with Crippen LogP contribution in [0.1, 0.15) is 25.3 Å². The Morgan fingerprint density at radius 3 is 1.44 bits per heavy atom. The van der Waals surface area contributed by atoms with Crippen molar-refractivity contribution in [1.82, 2.24) is 9.13 Å². The Balaban J connectivity index is 1.38. The normalized spacial score (nSPS) is 12.0. The van der Waals surface area contributed by atoms with Crippen molar-refractivity contribution in [1.29, 1.82) is 0 Å². The number of hydrogen-bond donors (Lipinski definition) is 0. The number of anilines is 3. The van der Waals surface area contributed by atoms with Gasteiger partial charge >= 0.3 is 0 Å². The Labute approximate surface area is 291 Å². The van der Waals surface area contributed by atoms with E-state index in [-0.39, 0.29) is 0 Å². The average Bonchev–Trinajstić information content (AvgIpc) is 3.74. The molecule has 2 aromatic heterocycles. The van der Waals surface area contributed by atoms with E-state index in [0.717, 1.165) is 28.7 Å². The van der Waals surface area contributed by atoms with Gasteiger partial charge in [-0.05, 0) is 93.0 Å². The van der Waals surface area contributed by atoms with Crippen LogP contribution in [0.5, 0.6) is 0 Å². The van der Waals surface area contributed by atoms with E-state index in [0.29, 0.717) is 5.92 Å². The first-order valence-electron chi connectivity index (χ1n) is 17.5. The molecule has 0 N–H and O–H groups in total. The van der Waals surface area contributed by atoms with Crippen molar-refractivity contribution in [2.45, 2.75) is 19.8 Å². The lowest BCUT2D eigenvalue weighted by atomic mass is 9.88. The van der Waals surface area contributed by atoms with Gasteiger partial charge in [0.25, 0.3) is 0 Å². The molecule has 10 aromatic rings. The SMILES string of the molecule is CC(C)c1ccc2ccc3c(N(c4cc5ccccc5n4-c4ccccc4)c4cc5ccccc5n4-c4ccccc4)ccc4ccc1c2c43. The smallest absolute Gasteiger partial charge is 0.124 e. The molecule has 0 aliphatic rings. The summed E-state index contributed by atoms with van der Waals surface area (Å²) < 4.78 is 4.83. The molecule has 0 aliphatic carbocycles. The van der Waals surface area contributed by atoms with Gasteiger partial charge in [-0.3, -0.25) is 14.0 Å². The van der Waals surface area contributed by atoms with Gasteiger partial charge in [0.1, 0.15) is 11.6 Å². The van der Waals surface area contributed by atoms with Crippen molar-refractivity contribution in [2.75, 3.05) is 4.90 Å². The van der Waals surface area contributed by atoms with E-state index >= 15 is 0 Å². The van der Waals surface area contributed by atoms with E-state index in [1.54, 1.807) is 0 Å².